The van der Waals surface area contributed by atoms with Gasteiger partial charge in [0.05, 0.1) is 0 Å². The molecule has 0 aliphatic heterocycles. The third-order valence-corrected chi connectivity index (χ3v) is 2.96. The first-order chi connectivity index (χ1) is 7.81. The highest BCUT2D eigenvalue weighted by Gasteiger charge is 2.06. The van der Waals surface area contributed by atoms with Crippen LogP contribution in [0, 0.1) is 6.92 Å². The molecule has 16 heavy (non-hydrogen) atoms. The van der Waals surface area contributed by atoms with Crippen molar-refractivity contribution in [2.45, 2.75) is 18.9 Å². The Morgan fingerprint density at radius 3 is 2.81 bits per heavy atom. The normalized spacial score (nSPS) is 10.4. The molecule has 82 valence electrons. The lowest BCUT2D eigenvalue weighted by molar-refractivity contribution is 1.04. The van der Waals surface area contributed by atoms with Crippen LogP contribution in [-0.2, 0) is 0 Å². The summed E-state index contributed by atoms with van der Waals surface area (Å²) >= 11 is 1.71. The van der Waals surface area contributed by atoms with E-state index in [0.717, 1.165) is 22.0 Å². The van der Waals surface area contributed by atoms with Gasteiger partial charge < -0.3 is 0 Å². The molecule has 2 heterocycles. The molecule has 0 saturated heterocycles. The molecule has 0 saturated carbocycles. The van der Waals surface area contributed by atoms with Crippen LogP contribution in [0.3, 0.4) is 0 Å². The number of thioether (sulfide) groups is 1. The molecule has 2 rings (SSSR count). The number of rotatable bonds is 3. The third-order valence-electron chi connectivity index (χ3n) is 2.14. The van der Waals surface area contributed by atoms with Crippen molar-refractivity contribution in [2.75, 3.05) is 5.75 Å². The Morgan fingerprint density at radius 2 is 2.06 bits per heavy atom. The molecule has 3 nitrogen and oxygen atoms in total. The summed E-state index contributed by atoms with van der Waals surface area (Å²) in [5.41, 5.74) is 1.96. The van der Waals surface area contributed by atoms with Gasteiger partial charge in [-0.05, 0) is 30.4 Å². The largest absolute Gasteiger partial charge is 0.253 e. The highest BCUT2D eigenvalue weighted by atomic mass is 32.2. The number of aryl methyl sites for hydroxylation is 1. The summed E-state index contributed by atoms with van der Waals surface area (Å²) in [6, 6.07) is 5.87. The van der Waals surface area contributed by atoms with Crippen LogP contribution in [0.15, 0.2) is 35.6 Å². The molecule has 0 bridgehead atoms. The molecule has 0 aromatic carbocycles. The van der Waals surface area contributed by atoms with Crippen molar-refractivity contribution < 1.29 is 0 Å². The van der Waals surface area contributed by atoms with E-state index in [1.165, 1.54) is 0 Å². The van der Waals surface area contributed by atoms with Gasteiger partial charge in [0.1, 0.15) is 10.7 Å². The lowest BCUT2D eigenvalue weighted by Crippen LogP contribution is -1.94. The van der Waals surface area contributed by atoms with Crippen LogP contribution in [0.4, 0.5) is 0 Å². The second kappa shape index (κ2) is 5.07. The fourth-order valence-electron chi connectivity index (χ4n) is 1.40. The molecule has 0 atom stereocenters. The van der Waals surface area contributed by atoms with Crippen molar-refractivity contribution in [1.29, 1.82) is 0 Å². The summed E-state index contributed by atoms with van der Waals surface area (Å²) in [7, 11) is 0. The van der Waals surface area contributed by atoms with Gasteiger partial charge in [0.15, 0.2) is 5.82 Å². The van der Waals surface area contributed by atoms with Crippen molar-refractivity contribution in [3.05, 3.63) is 36.2 Å². The van der Waals surface area contributed by atoms with E-state index in [1.807, 2.05) is 25.1 Å². The minimum atomic E-state index is 0.705. The average Bonchev–Trinajstić information content (AvgIpc) is 2.30. The Bertz CT molecular complexity index is 485. The number of aromatic nitrogens is 3. The van der Waals surface area contributed by atoms with Crippen LogP contribution in [0.5, 0.6) is 0 Å². The lowest BCUT2D eigenvalue weighted by Gasteiger charge is -2.04. The highest BCUT2D eigenvalue weighted by molar-refractivity contribution is 7.99. The molecule has 0 aliphatic rings. The van der Waals surface area contributed by atoms with Gasteiger partial charge in [-0.15, -0.1) is 11.8 Å². The molecule has 0 unspecified atom stereocenters. The quantitative estimate of drug-likeness (QED) is 0.601. The molecular weight excluding hydrogens is 218 g/mol. The molecule has 0 radical (unpaired) electrons. The van der Waals surface area contributed by atoms with Gasteiger partial charge in [-0.25, -0.2) is 9.97 Å². The Kier molecular flexibility index (Phi) is 3.51. The first kappa shape index (κ1) is 11.1. The number of pyridine rings is 1. The zero-order valence-corrected chi connectivity index (χ0v) is 10.2. The van der Waals surface area contributed by atoms with E-state index in [2.05, 4.69) is 21.9 Å². The van der Waals surface area contributed by atoms with E-state index >= 15 is 0 Å². The predicted octanol–water partition coefficient (Wildman–Crippen LogP) is 2.96. The molecule has 0 spiro atoms. The van der Waals surface area contributed by atoms with Crippen molar-refractivity contribution >= 4 is 11.8 Å². The van der Waals surface area contributed by atoms with Gasteiger partial charge in [-0.1, -0.05) is 13.0 Å². The van der Waals surface area contributed by atoms with E-state index in [4.69, 9.17) is 0 Å². The molecular formula is C12H13N3S. The van der Waals surface area contributed by atoms with Gasteiger partial charge in [0.2, 0.25) is 0 Å². The second-order valence-corrected chi connectivity index (χ2v) is 4.60. The topological polar surface area (TPSA) is 38.7 Å². The molecule has 0 amide bonds. The minimum Gasteiger partial charge on any atom is -0.253 e. The molecule has 2 aromatic rings. The molecule has 0 aliphatic carbocycles. The van der Waals surface area contributed by atoms with E-state index in [1.54, 1.807) is 24.2 Å². The van der Waals surface area contributed by atoms with Gasteiger partial charge in [0.25, 0.3) is 0 Å². The first-order valence-electron chi connectivity index (χ1n) is 5.19. The van der Waals surface area contributed by atoms with Gasteiger partial charge >= 0.3 is 0 Å². The van der Waals surface area contributed by atoms with Crippen LogP contribution in [-0.4, -0.2) is 20.7 Å². The number of hydrogen-bond acceptors (Lipinski definition) is 4. The lowest BCUT2D eigenvalue weighted by atomic mass is 10.2. The van der Waals surface area contributed by atoms with Crippen molar-refractivity contribution in [3.63, 3.8) is 0 Å². The van der Waals surface area contributed by atoms with Crippen LogP contribution in [0.1, 0.15) is 12.5 Å². The maximum atomic E-state index is 4.48. The fraction of sp³-hybridized carbons (Fsp3) is 0.250. The van der Waals surface area contributed by atoms with Crippen LogP contribution in [0.25, 0.3) is 11.5 Å². The number of hydrogen-bond donors (Lipinski definition) is 0. The maximum absolute atomic E-state index is 4.48. The summed E-state index contributed by atoms with van der Waals surface area (Å²) in [6.45, 7) is 4.13. The van der Waals surface area contributed by atoms with Gasteiger partial charge in [-0.2, -0.15) is 0 Å². The Balaban J connectivity index is 2.40. The van der Waals surface area contributed by atoms with Gasteiger partial charge in [0, 0.05) is 12.4 Å². The van der Waals surface area contributed by atoms with Crippen molar-refractivity contribution in [3.8, 4) is 11.5 Å². The predicted molar refractivity (Wildman–Crippen MR) is 66.4 cm³/mol. The van der Waals surface area contributed by atoms with E-state index < -0.39 is 0 Å². The average molecular weight is 231 g/mol. The Labute approximate surface area is 99.4 Å². The standard InChI is InChI=1S/C12H13N3S/c1-3-16-10-6-8-14-12(15-10)11-9(2)5-4-7-13-11/h4-8H,3H2,1-2H3. The SMILES string of the molecule is CCSc1ccnc(-c2ncccc2C)n1. The fourth-order valence-corrected chi connectivity index (χ4v) is 2.01. The summed E-state index contributed by atoms with van der Waals surface area (Å²) < 4.78 is 0. The minimum absolute atomic E-state index is 0.705. The summed E-state index contributed by atoms with van der Waals surface area (Å²) in [4.78, 5) is 13.1. The van der Waals surface area contributed by atoms with Crippen molar-refractivity contribution in [1.82, 2.24) is 15.0 Å². The Morgan fingerprint density at radius 1 is 1.19 bits per heavy atom. The van der Waals surface area contributed by atoms with E-state index in [9.17, 15) is 0 Å². The monoisotopic (exact) mass is 231 g/mol. The van der Waals surface area contributed by atoms with Gasteiger partial charge in [-0.3, -0.25) is 4.98 Å². The second-order valence-electron chi connectivity index (χ2n) is 3.32. The summed E-state index contributed by atoms with van der Waals surface area (Å²) in [5.74, 6) is 1.72. The zero-order valence-electron chi connectivity index (χ0n) is 9.34. The number of nitrogens with zero attached hydrogens (tertiary/aromatic N) is 3. The third kappa shape index (κ3) is 2.39. The summed E-state index contributed by atoms with van der Waals surface area (Å²) in [5, 5.41) is 0.998. The van der Waals surface area contributed by atoms with Crippen LogP contribution in [0.2, 0.25) is 0 Å². The molecule has 0 N–H and O–H groups in total. The summed E-state index contributed by atoms with van der Waals surface area (Å²) in [6.07, 6.45) is 3.56. The maximum Gasteiger partial charge on any atom is 0.179 e. The van der Waals surface area contributed by atoms with Crippen molar-refractivity contribution in [2.24, 2.45) is 0 Å². The van der Waals surface area contributed by atoms with E-state index in [-0.39, 0.29) is 0 Å². The molecule has 4 heteroatoms. The smallest absolute Gasteiger partial charge is 0.179 e. The molecule has 2 aromatic heterocycles. The van der Waals surface area contributed by atoms with E-state index in [0.29, 0.717) is 5.82 Å². The van der Waals surface area contributed by atoms with Crippen LogP contribution >= 0.6 is 11.8 Å². The molecule has 0 fully saturated rings. The highest BCUT2D eigenvalue weighted by Crippen LogP contribution is 2.20. The first-order valence-corrected chi connectivity index (χ1v) is 6.17. The van der Waals surface area contributed by atoms with Crippen LogP contribution < -0.4 is 0 Å². The Hall–Kier alpha value is -1.42. The zero-order chi connectivity index (χ0) is 11.4.